The van der Waals surface area contributed by atoms with Gasteiger partial charge in [0.25, 0.3) is 0 Å². The molecule has 0 saturated heterocycles. The molecule has 22 heteroatoms. The molecule has 0 aliphatic carbocycles. The Bertz CT molecular complexity index is 1410. The molecule has 0 radical (unpaired) electrons. The SMILES string of the molecule is CC(=O)COCCOCCCC(=O)COCCOCCNC(=O)COCCOCCNC(=O)COCCOCCNC(=O)CC[C@H](NC(=O)CCCCCCCCCCCCCCCCC(=O)O)C(=O)O. The van der Waals surface area contributed by atoms with Crippen LogP contribution in [0.1, 0.15) is 135 Å². The summed E-state index contributed by atoms with van der Waals surface area (Å²) in [5.41, 5.74) is 0. The summed E-state index contributed by atoms with van der Waals surface area (Å²) in [5, 5.41) is 28.7. The lowest BCUT2D eigenvalue weighted by Crippen LogP contribution is -2.41. The first-order chi connectivity index (χ1) is 34.4. The van der Waals surface area contributed by atoms with E-state index in [1.165, 1.54) is 45.4 Å². The monoisotopic (exact) mass is 1020 g/mol. The van der Waals surface area contributed by atoms with Gasteiger partial charge in [0.05, 0.1) is 72.7 Å². The van der Waals surface area contributed by atoms with Crippen molar-refractivity contribution >= 4 is 47.1 Å². The van der Waals surface area contributed by atoms with Crippen molar-refractivity contribution < 1.29 is 86.5 Å². The Kier molecular flexibility index (Phi) is 47.8. The fourth-order valence-electron chi connectivity index (χ4n) is 6.52. The van der Waals surface area contributed by atoms with Crippen molar-refractivity contribution in [3.05, 3.63) is 0 Å². The largest absolute Gasteiger partial charge is 0.481 e. The summed E-state index contributed by atoms with van der Waals surface area (Å²) in [5.74, 6) is -3.34. The summed E-state index contributed by atoms with van der Waals surface area (Å²) in [6.45, 7) is 4.99. The third-order valence-electron chi connectivity index (χ3n) is 10.3. The minimum atomic E-state index is -1.19. The highest BCUT2D eigenvalue weighted by Gasteiger charge is 2.21. The highest BCUT2D eigenvalue weighted by atomic mass is 16.5. The molecule has 0 rings (SSSR count). The second-order valence-corrected chi connectivity index (χ2v) is 16.9. The topological polar surface area (TPSA) is 299 Å². The number of ketones is 2. The third kappa shape index (κ3) is 52.0. The predicted molar refractivity (Wildman–Crippen MR) is 261 cm³/mol. The first-order valence-corrected chi connectivity index (χ1v) is 25.6. The van der Waals surface area contributed by atoms with E-state index >= 15 is 0 Å². The second kappa shape index (κ2) is 50.8. The van der Waals surface area contributed by atoms with Crippen molar-refractivity contribution in [2.45, 2.75) is 141 Å². The van der Waals surface area contributed by atoms with Crippen LogP contribution in [0.5, 0.6) is 0 Å². The molecular weight excluding hydrogens is 933 g/mol. The zero-order chi connectivity index (χ0) is 52.3. The number of ether oxygens (including phenoxy) is 8. The third-order valence-corrected chi connectivity index (χ3v) is 10.3. The Morgan fingerprint density at radius 2 is 0.746 bits per heavy atom. The molecule has 0 heterocycles. The van der Waals surface area contributed by atoms with Gasteiger partial charge < -0.3 is 69.4 Å². The number of amides is 4. The number of unbranched alkanes of at least 4 members (excludes halogenated alkanes) is 13. The Morgan fingerprint density at radius 1 is 0.366 bits per heavy atom. The number of nitrogens with one attached hydrogen (secondary N) is 4. The van der Waals surface area contributed by atoms with E-state index in [9.17, 15) is 43.5 Å². The number of aliphatic carboxylic acids is 2. The second-order valence-electron chi connectivity index (χ2n) is 16.9. The van der Waals surface area contributed by atoms with Crippen LogP contribution in [0, 0.1) is 0 Å². The standard InChI is InChI=1S/C49H88N4O18/c1-41(54)37-68-33-29-64-25-16-17-42(55)38-69-34-30-66-27-23-51-46(58)40-71-36-32-67-28-24-52-47(59)39-70-35-31-65-26-22-50-44(56)21-20-43(49(62)63)53-45(57)18-14-12-10-8-6-4-2-3-5-7-9-11-13-15-19-48(60)61/h43H,2-40H2,1H3,(H,50,56)(H,51,58)(H,52,59)(H,53,57)(H,60,61)(H,62,63)/t43-/m0/s1. The number of carboxylic acid groups (broad SMARTS) is 2. The number of Topliss-reactive ketones (excluding diaryl/α,β-unsaturated/α-hetero) is 2. The number of rotatable bonds is 55. The van der Waals surface area contributed by atoms with Gasteiger partial charge in [-0.25, -0.2) is 4.79 Å². The summed E-state index contributed by atoms with van der Waals surface area (Å²) in [7, 11) is 0. The molecule has 0 aromatic heterocycles. The fourth-order valence-corrected chi connectivity index (χ4v) is 6.52. The molecule has 0 aliphatic rings. The van der Waals surface area contributed by atoms with Crippen LogP contribution in [0.15, 0.2) is 0 Å². The number of hydrogen-bond acceptors (Lipinski definition) is 16. The number of hydrogen-bond donors (Lipinski definition) is 6. The number of carbonyl (C=O) groups is 8. The Labute approximate surface area is 420 Å². The highest BCUT2D eigenvalue weighted by Crippen LogP contribution is 2.14. The average Bonchev–Trinajstić information content (AvgIpc) is 3.33. The molecule has 4 amide bonds. The Balaban J connectivity index is 3.59. The van der Waals surface area contributed by atoms with Crippen molar-refractivity contribution in [3.63, 3.8) is 0 Å². The van der Waals surface area contributed by atoms with Crippen LogP contribution in [0.4, 0.5) is 0 Å². The van der Waals surface area contributed by atoms with Gasteiger partial charge in [0.1, 0.15) is 32.5 Å². The molecule has 0 unspecified atom stereocenters. The zero-order valence-electron chi connectivity index (χ0n) is 42.6. The van der Waals surface area contributed by atoms with Gasteiger partial charge in [0, 0.05) is 51.9 Å². The molecule has 0 aromatic carbocycles. The average molecular weight is 1020 g/mol. The van der Waals surface area contributed by atoms with E-state index in [4.69, 9.17) is 43.0 Å². The van der Waals surface area contributed by atoms with Crippen LogP contribution in [-0.4, -0.2) is 189 Å². The van der Waals surface area contributed by atoms with Crippen LogP contribution >= 0.6 is 0 Å². The summed E-state index contributed by atoms with van der Waals surface area (Å²) < 4.78 is 42.5. The first-order valence-electron chi connectivity index (χ1n) is 25.6. The van der Waals surface area contributed by atoms with Crippen LogP contribution in [0.25, 0.3) is 0 Å². The molecule has 0 aliphatic heterocycles. The van der Waals surface area contributed by atoms with Crippen LogP contribution in [-0.2, 0) is 76.3 Å². The van der Waals surface area contributed by atoms with E-state index in [0.29, 0.717) is 39.1 Å². The maximum Gasteiger partial charge on any atom is 0.326 e. The molecule has 412 valence electrons. The molecule has 6 N–H and O–H groups in total. The molecule has 0 fully saturated rings. The summed E-state index contributed by atoms with van der Waals surface area (Å²) in [4.78, 5) is 93.2. The van der Waals surface area contributed by atoms with E-state index in [0.717, 1.165) is 44.9 Å². The normalized spacial score (nSPS) is 11.5. The highest BCUT2D eigenvalue weighted by molar-refractivity contribution is 5.84. The maximum atomic E-state index is 12.3. The van der Waals surface area contributed by atoms with Gasteiger partial charge in [-0.05, 0) is 32.6 Å². The van der Waals surface area contributed by atoms with Crippen molar-refractivity contribution in [1.82, 2.24) is 21.3 Å². The Morgan fingerprint density at radius 3 is 1.18 bits per heavy atom. The van der Waals surface area contributed by atoms with Gasteiger partial charge >= 0.3 is 11.9 Å². The van der Waals surface area contributed by atoms with Gasteiger partial charge in [-0.15, -0.1) is 0 Å². The van der Waals surface area contributed by atoms with E-state index in [2.05, 4.69) is 21.3 Å². The van der Waals surface area contributed by atoms with Gasteiger partial charge in [-0.3, -0.25) is 33.6 Å². The van der Waals surface area contributed by atoms with Crippen LogP contribution in [0.2, 0.25) is 0 Å². The maximum absolute atomic E-state index is 12.3. The number of carboxylic acids is 2. The quantitative estimate of drug-likeness (QED) is 0.0477. The molecule has 1 atom stereocenters. The van der Waals surface area contributed by atoms with E-state index in [-0.39, 0.29) is 166 Å². The van der Waals surface area contributed by atoms with Crippen LogP contribution in [0.3, 0.4) is 0 Å². The summed E-state index contributed by atoms with van der Waals surface area (Å²) in [6, 6.07) is -1.15. The van der Waals surface area contributed by atoms with Gasteiger partial charge in [0.15, 0.2) is 11.6 Å². The van der Waals surface area contributed by atoms with Gasteiger partial charge in [-0.1, -0.05) is 77.0 Å². The summed E-state index contributed by atoms with van der Waals surface area (Å²) in [6.07, 6.45) is 16.3. The van der Waals surface area contributed by atoms with Crippen molar-refractivity contribution in [2.24, 2.45) is 0 Å². The van der Waals surface area contributed by atoms with E-state index < -0.39 is 18.0 Å². The molecule has 71 heavy (non-hydrogen) atoms. The van der Waals surface area contributed by atoms with E-state index in [1.54, 1.807) is 0 Å². The Hall–Kier alpha value is -4.16. The van der Waals surface area contributed by atoms with Gasteiger partial charge in [-0.2, -0.15) is 0 Å². The van der Waals surface area contributed by atoms with Crippen molar-refractivity contribution in [2.75, 3.05) is 125 Å². The van der Waals surface area contributed by atoms with Gasteiger partial charge in [0.2, 0.25) is 23.6 Å². The minimum absolute atomic E-state index is 0.0123. The lowest BCUT2D eigenvalue weighted by molar-refractivity contribution is -0.142. The van der Waals surface area contributed by atoms with E-state index in [1.807, 2.05) is 0 Å². The summed E-state index contributed by atoms with van der Waals surface area (Å²) >= 11 is 0. The molecule has 0 spiro atoms. The smallest absolute Gasteiger partial charge is 0.326 e. The van der Waals surface area contributed by atoms with Crippen LogP contribution < -0.4 is 21.3 Å². The molecule has 22 nitrogen and oxygen atoms in total. The lowest BCUT2D eigenvalue weighted by Gasteiger charge is -2.14. The predicted octanol–water partition coefficient (Wildman–Crippen LogP) is 3.08. The lowest BCUT2D eigenvalue weighted by atomic mass is 10.0. The first kappa shape index (κ1) is 66.8. The van der Waals surface area contributed by atoms with Crippen molar-refractivity contribution in [3.8, 4) is 0 Å². The molecular formula is C49H88N4O18. The van der Waals surface area contributed by atoms with Crippen molar-refractivity contribution in [1.29, 1.82) is 0 Å². The molecule has 0 aromatic rings. The zero-order valence-corrected chi connectivity index (χ0v) is 42.6. The fraction of sp³-hybridized carbons (Fsp3) is 0.837. The number of carbonyl (C=O) groups excluding carboxylic acids is 6. The minimum Gasteiger partial charge on any atom is -0.481 e. The molecule has 0 saturated carbocycles. The molecule has 0 bridgehead atoms.